The first kappa shape index (κ1) is 24.6. The fraction of sp³-hybridized carbons (Fsp3) is 0.333. The molecule has 1 aliphatic rings. The summed E-state index contributed by atoms with van der Waals surface area (Å²) in [6.07, 6.45) is 1.77. The molecule has 0 unspecified atom stereocenters. The third kappa shape index (κ3) is 6.96. The van der Waals surface area contributed by atoms with E-state index in [1.165, 1.54) is 0 Å². The maximum atomic E-state index is 12.6. The van der Waals surface area contributed by atoms with Gasteiger partial charge in [-0.25, -0.2) is 0 Å². The van der Waals surface area contributed by atoms with E-state index in [9.17, 15) is 9.59 Å². The van der Waals surface area contributed by atoms with Crippen molar-refractivity contribution >= 4 is 34.9 Å². The first-order chi connectivity index (χ1) is 16.2. The largest absolute Gasteiger partial charge is 0.490 e. The highest BCUT2D eigenvalue weighted by Crippen LogP contribution is 2.23. The lowest BCUT2D eigenvalue weighted by atomic mass is 10.1. The van der Waals surface area contributed by atoms with E-state index >= 15 is 0 Å². The molecule has 1 fully saturated rings. The van der Waals surface area contributed by atoms with E-state index in [1.807, 2.05) is 17.0 Å². The fourth-order valence-corrected chi connectivity index (χ4v) is 3.80. The Kier molecular flexibility index (Phi) is 8.07. The zero-order valence-corrected chi connectivity index (χ0v) is 19.2. The normalized spacial score (nSPS) is 13.7. The van der Waals surface area contributed by atoms with E-state index in [0.29, 0.717) is 28.5 Å². The fourth-order valence-electron chi connectivity index (χ4n) is 3.80. The predicted octanol–water partition coefficient (Wildman–Crippen LogP) is 1.74. The summed E-state index contributed by atoms with van der Waals surface area (Å²) in [5.74, 6) is 0.297. The minimum Gasteiger partial charge on any atom is -0.490 e. The van der Waals surface area contributed by atoms with Crippen molar-refractivity contribution in [2.24, 2.45) is 11.5 Å². The zero-order chi connectivity index (χ0) is 24.7. The number of carbonyl (C=O) groups excluding carboxylic acids is 2. The van der Waals surface area contributed by atoms with Crippen molar-refractivity contribution in [3.8, 4) is 5.75 Å². The number of ether oxygens (including phenoxy) is 1. The van der Waals surface area contributed by atoms with Gasteiger partial charge in [0.2, 0.25) is 11.8 Å². The Morgan fingerprint density at radius 2 is 1.76 bits per heavy atom. The van der Waals surface area contributed by atoms with Crippen LogP contribution in [0.25, 0.3) is 0 Å². The van der Waals surface area contributed by atoms with Crippen molar-refractivity contribution in [2.75, 3.05) is 36.4 Å². The number of likely N-dealkylation sites (tertiary alicyclic amines) is 1. The minimum absolute atomic E-state index is 0.0831. The molecule has 10 nitrogen and oxygen atoms in total. The lowest BCUT2D eigenvalue weighted by Gasteiger charge is -2.33. The van der Waals surface area contributed by atoms with E-state index in [0.717, 1.165) is 25.9 Å². The number of hydrogen-bond acceptors (Lipinski definition) is 6. The number of amides is 2. The van der Waals surface area contributed by atoms with E-state index in [4.69, 9.17) is 27.0 Å². The SMILES string of the molecule is CC(=N)N1CCC(Oc2ccc(N(CC(N)=O)CC(=O)Nc3cccc(C(=N)N)c3)cc2)CC1. The van der Waals surface area contributed by atoms with Crippen LogP contribution in [0, 0.1) is 10.8 Å². The van der Waals surface area contributed by atoms with Crippen LogP contribution in [0.2, 0.25) is 0 Å². The molecule has 1 aliphatic heterocycles. The van der Waals surface area contributed by atoms with Gasteiger partial charge in [-0.05, 0) is 43.3 Å². The number of piperidine rings is 1. The molecule has 2 aromatic rings. The zero-order valence-electron chi connectivity index (χ0n) is 19.2. The highest BCUT2D eigenvalue weighted by molar-refractivity contribution is 5.99. The van der Waals surface area contributed by atoms with Gasteiger partial charge in [-0.1, -0.05) is 12.1 Å². The number of primary amides is 1. The van der Waals surface area contributed by atoms with Gasteiger partial charge < -0.3 is 31.3 Å². The average Bonchev–Trinajstić information content (AvgIpc) is 2.79. The number of anilines is 2. The number of nitrogens with two attached hydrogens (primary N) is 2. The van der Waals surface area contributed by atoms with Crippen molar-refractivity contribution < 1.29 is 14.3 Å². The van der Waals surface area contributed by atoms with Crippen molar-refractivity contribution in [3.63, 3.8) is 0 Å². The van der Waals surface area contributed by atoms with Crippen LogP contribution < -0.4 is 26.4 Å². The molecule has 0 aromatic heterocycles. The smallest absolute Gasteiger partial charge is 0.243 e. The number of rotatable bonds is 9. The molecular formula is C24H31N7O3. The Morgan fingerprint density at radius 3 is 2.35 bits per heavy atom. The summed E-state index contributed by atoms with van der Waals surface area (Å²) in [6.45, 7) is 3.18. The minimum atomic E-state index is -0.556. The summed E-state index contributed by atoms with van der Waals surface area (Å²) in [5.41, 5.74) is 12.6. The molecule has 7 N–H and O–H groups in total. The number of nitrogens with one attached hydrogen (secondary N) is 3. The molecule has 0 bridgehead atoms. The van der Waals surface area contributed by atoms with Crippen LogP contribution in [0.3, 0.4) is 0 Å². The first-order valence-corrected chi connectivity index (χ1v) is 11.1. The Bertz CT molecular complexity index is 1050. The van der Waals surface area contributed by atoms with Gasteiger partial charge in [-0.15, -0.1) is 0 Å². The second-order valence-electron chi connectivity index (χ2n) is 8.25. The maximum Gasteiger partial charge on any atom is 0.243 e. The second-order valence-corrected chi connectivity index (χ2v) is 8.25. The van der Waals surface area contributed by atoms with Crippen molar-refractivity contribution in [1.29, 1.82) is 10.8 Å². The Labute approximate surface area is 198 Å². The summed E-state index contributed by atoms with van der Waals surface area (Å²) < 4.78 is 6.08. The lowest BCUT2D eigenvalue weighted by molar-refractivity contribution is -0.117. The van der Waals surface area contributed by atoms with Gasteiger partial charge in [0, 0.05) is 42.9 Å². The molecular weight excluding hydrogens is 434 g/mol. The van der Waals surface area contributed by atoms with Crippen LogP contribution in [0.4, 0.5) is 11.4 Å². The van der Waals surface area contributed by atoms with Gasteiger partial charge in [0.1, 0.15) is 17.7 Å². The third-order valence-corrected chi connectivity index (χ3v) is 5.56. The molecule has 0 saturated carbocycles. The molecule has 2 amide bonds. The standard InChI is InChI=1S/C24H31N7O3/c1-16(25)30-11-9-21(10-12-30)34-20-7-5-19(6-8-20)31(14-22(26)32)15-23(33)29-18-4-2-3-17(13-18)24(27)28/h2-8,13,21,25H,9-12,14-15H2,1H3,(H2,26,32)(H3,27,28)(H,29,33). The van der Waals surface area contributed by atoms with Crippen LogP contribution in [0.1, 0.15) is 25.3 Å². The Balaban J connectivity index is 1.61. The van der Waals surface area contributed by atoms with Crippen molar-refractivity contribution in [1.82, 2.24) is 4.90 Å². The highest BCUT2D eigenvalue weighted by atomic mass is 16.5. The number of nitrogens with zero attached hydrogens (tertiary/aromatic N) is 2. The molecule has 1 saturated heterocycles. The molecule has 3 rings (SSSR count). The number of carbonyl (C=O) groups is 2. The lowest BCUT2D eigenvalue weighted by Crippen LogP contribution is -2.40. The van der Waals surface area contributed by atoms with Gasteiger partial charge in [0.15, 0.2) is 0 Å². The molecule has 0 radical (unpaired) electrons. The van der Waals surface area contributed by atoms with Crippen LogP contribution >= 0.6 is 0 Å². The van der Waals surface area contributed by atoms with E-state index in [-0.39, 0.29) is 30.9 Å². The maximum absolute atomic E-state index is 12.6. The molecule has 2 aromatic carbocycles. The molecule has 0 aliphatic carbocycles. The molecule has 1 heterocycles. The van der Waals surface area contributed by atoms with E-state index in [1.54, 1.807) is 48.2 Å². The Hall–Kier alpha value is -4.08. The average molecular weight is 466 g/mol. The topological polar surface area (TPSA) is 162 Å². The van der Waals surface area contributed by atoms with Gasteiger partial charge in [0.05, 0.1) is 18.9 Å². The monoisotopic (exact) mass is 465 g/mol. The molecule has 0 spiro atoms. The Morgan fingerprint density at radius 1 is 1.09 bits per heavy atom. The van der Waals surface area contributed by atoms with Gasteiger partial charge in [0.25, 0.3) is 0 Å². The summed E-state index contributed by atoms with van der Waals surface area (Å²) in [6, 6.07) is 13.9. The summed E-state index contributed by atoms with van der Waals surface area (Å²) in [7, 11) is 0. The third-order valence-electron chi connectivity index (χ3n) is 5.56. The van der Waals surface area contributed by atoms with Crippen LogP contribution in [-0.4, -0.2) is 60.7 Å². The van der Waals surface area contributed by atoms with Crippen LogP contribution in [0.5, 0.6) is 5.75 Å². The summed E-state index contributed by atoms with van der Waals surface area (Å²) >= 11 is 0. The molecule has 34 heavy (non-hydrogen) atoms. The van der Waals surface area contributed by atoms with Crippen molar-refractivity contribution in [2.45, 2.75) is 25.9 Å². The van der Waals surface area contributed by atoms with Crippen molar-refractivity contribution in [3.05, 3.63) is 54.1 Å². The summed E-state index contributed by atoms with van der Waals surface area (Å²) in [5, 5.41) is 18.0. The first-order valence-electron chi connectivity index (χ1n) is 11.1. The van der Waals surface area contributed by atoms with Crippen LogP contribution in [-0.2, 0) is 9.59 Å². The molecule has 0 atom stereocenters. The van der Waals surface area contributed by atoms with Gasteiger partial charge in [-0.2, -0.15) is 0 Å². The quantitative estimate of drug-likeness (QED) is 0.280. The van der Waals surface area contributed by atoms with E-state index < -0.39 is 5.91 Å². The predicted molar refractivity (Wildman–Crippen MR) is 133 cm³/mol. The van der Waals surface area contributed by atoms with E-state index in [2.05, 4.69) is 5.32 Å². The molecule has 180 valence electrons. The molecule has 10 heteroatoms. The second kappa shape index (κ2) is 11.2. The van der Waals surface area contributed by atoms with Gasteiger partial charge >= 0.3 is 0 Å². The number of nitrogen functional groups attached to an aromatic ring is 1. The highest BCUT2D eigenvalue weighted by Gasteiger charge is 2.21. The van der Waals surface area contributed by atoms with Crippen LogP contribution in [0.15, 0.2) is 48.5 Å². The van der Waals surface area contributed by atoms with Gasteiger partial charge in [-0.3, -0.25) is 20.4 Å². The summed E-state index contributed by atoms with van der Waals surface area (Å²) in [4.78, 5) is 27.9. The number of amidine groups is 2. The number of benzene rings is 2. The number of hydrogen-bond donors (Lipinski definition) is 5.